The summed E-state index contributed by atoms with van der Waals surface area (Å²) >= 11 is 7.71. The van der Waals surface area contributed by atoms with Gasteiger partial charge in [-0.05, 0) is 36.9 Å². The summed E-state index contributed by atoms with van der Waals surface area (Å²) in [6, 6.07) is 4.48. The Bertz CT molecular complexity index is 546. The molecule has 0 spiro atoms. The number of anilines is 2. The standard InChI is InChI=1S/C13H18ClN5S/c1-4-15-12-16-11(14)17-13(18-12)19(3)9(2)8-10-6-5-7-20-10/h5-7,9H,4,8H2,1-3H3,(H,15,16,17,18). The van der Waals surface area contributed by atoms with Crippen molar-refractivity contribution >= 4 is 34.8 Å². The van der Waals surface area contributed by atoms with Gasteiger partial charge in [0.25, 0.3) is 0 Å². The van der Waals surface area contributed by atoms with Crippen molar-refractivity contribution in [2.24, 2.45) is 0 Å². The van der Waals surface area contributed by atoms with Gasteiger partial charge in [0.2, 0.25) is 17.2 Å². The third-order valence-electron chi connectivity index (χ3n) is 2.98. The fourth-order valence-corrected chi connectivity index (χ4v) is 2.77. The Balaban J connectivity index is 2.13. The molecule has 7 heteroatoms. The van der Waals surface area contributed by atoms with Crippen LogP contribution < -0.4 is 10.2 Å². The highest BCUT2D eigenvalue weighted by Gasteiger charge is 2.15. The molecule has 1 atom stereocenters. The lowest BCUT2D eigenvalue weighted by Crippen LogP contribution is -2.32. The number of thiophene rings is 1. The molecule has 5 nitrogen and oxygen atoms in total. The van der Waals surface area contributed by atoms with Crippen molar-refractivity contribution in [1.29, 1.82) is 0 Å². The quantitative estimate of drug-likeness (QED) is 0.888. The molecular weight excluding hydrogens is 294 g/mol. The van der Waals surface area contributed by atoms with E-state index in [0.717, 1.165) is 13.0 Å². The Morgan fingerprint density at radius 3 is 2.85 bits per heavy atom. The summed E-state index contributed by atoms with van der Waals surface area (Å²) in [6.07, 6.45) is 0.952. The van der Waals surface area contributed by atoms with Gasteiger partial charge in [-0.1, -0.05) is 6.07 Å². The second kappa shape index (κ2) is 6.85. The van der Waals surface area contributed by atoms with Gasteiger partial charge in [0, 0.05) is 30.9 Å². The third kappa shape index (κ3) is 3.80. The van der Waals surface area contributed by atoms with Gasteiger partial charge in [-0.3, -0.25) is 0 Å². The minimum Gasteiger partial charge on any atom is -0.354 e. The molecule has 1 N–H and O–H groups in total. The van der Waals surface area contributed by atoms with E-state index in [2.05, 4.69) is 44.7 Å². The lowest BCUT2D eigenvalue weighted by molar-refractivity contribution is 0.668. The zero-order valence-corrected chi connectivity index (χ0v) is 13.4. The SMILES string of the molecule is CCNc1nc(Cl)nc(N(C)C(C)Cc2cccs2)n1. The molecule has 2 aromatic rings. The Morgan fingerprint density at radius 1 is 1.40 bits per heavy atom. The van der Waals surface area contributed by atoms with Crippen LogP contribution >= 0.6 is 22.9 Å². The molecule has 0 amide bonds. The van der Waals surface area contributed by atoms with E-state index < -0.39 is 0 Å². The highest BCUT2D eigenvalue weighted by Crippen LogP contribution is 2.18. The lowest BCUT2D eigenvalue weighted by atomic mass is 10.2. The number of halogens is 1. The van der Waals surface area contributed by atoms with Crippen LogP contribution in [-0.2, 0) is 6.42 Å². The van der Waals surface area contributed by atoms with Crippen molar-refractivity contribution in [1.82, 2.24) is 15.0 Å². The maximum absolute atomic E-state index is 5.95. The molecule has 2 rings (SSSR count). The number of hydrogen-bond acceptors (Lipinski definition) is 6. The molecule has 2 aromatic heterocycles. The number of rotatable bonds is 6. The van der Waals surface area contributed by atoms with E-state index in [-0.39, 0.29) is 11.3 Å². The molecule has 0 radical (unpaired) electrons. The molecule has 108 valence electrons. The van der Waals surface area contributed by atoms with E-state index in [9.17, 15) is 0 Å². The molecule has 1 unspecified atom stereocenters. The maximum atomic E-state index is 5.95. The largest absolute Gasteiger partial charge is 0.354 e. The zero-order chi connectivity index (χ0) is 14.5. The van der Waals surface area contributed by atoms with Crippen LogP contribution in [0.5, 0.6) is 0 Å². The molecule has 20 heavy (non-hydrogen) atoms. The number of likely N-dealkylation sites (N-methyl/N-ethyl adjacent to an activating group) is 1. The van der Waals surface area contributed by atoms with Gasteiger partial charge in [-0.15, -0.1) is 11.3 Å². The monoisotopic (exact) mass is 311 g/mol. The highest BCUT2D eigenvalue weighted by atomic mass is 35.5. The van der Waals surface area contributed by atoms with E-state index in [4.69, 9.17) is 11.6 Å². The van der Waals surface area contributed by atoms with Crippen molar-refractivity contribution in [2.75, 3.05) is 23.8 Å². The number of hydrogen-bond donors (Lipinski definition) is 1. The second-order valence-corrected chi connectivity index (χ2v) is 5.87. The fraction of sp³-hybridized carbons (Fsp3) is 0.462. The fourth-order valence-electron chi connectivity index (χ4n) is 1.79. The molecular formula is C13H18ClN5S. The average Bonchev–Trinajstić information content (AvgIpc) is 2.90. The Labute approximate surface area is 128 Å². The van der Waals surface area contributed by atoms with Crippen LogP contribution in [0.2, 0.25) is 5.28 Å². The Kier molecular flexibility index (Phi) is 5.14. The van der Waals surface area contributed by atoms with Crippen molar-refractivity contribution in [3.63, 3.8) is 0 Å². The van der Waals surface area contributed by atoms with Crippen LogP contribution in [0.25, 0.3) is 0 Å². The van der Waals surface area contributed by atoms with Gasteiger partial charge >= 0.3 is 0 Å². The van der Waals surface area contributed by atoms with Crippen molar-refractivity contribution < 1.29 is 0 Å². The smallest absolute Gasteiger partial charge is 0.231 e. The van der Waals surface area contributed by atoms with Crippen LogP contribution in [0.4, 0.5) is 11.9 Å². The number of aromatic nitrogens is 3. The number of nitrogens with zero attached hydrogens (tertiary/aromatic N) is 4. The summed E-state index contributed by atoms with van der Waals surface area (Å²) in [7, 11) is 1.97. The van der Waals surface area contributed by atoms with Gasteiger partial charge in [0.1, 0.15) is 0 Å². The summed E-state index contributed by atoms with van der Waals surface area (Å²) in [5, 5.41) is 5.35. The molecule has 0 saturated carbocycles. The molecule has 0 aliphatic heterocycles. The summed E-state index contributed by atoms with van der Waals surface area (Å²) in [5.41, 5.74) is 0. The number of nitrogens with one attached hydrogen (secondary N) is 1. The van der Waals surface area contributed by atoms with Gasteiger partial charge in [0.15, 0.2) is 0 Å². The van der Waals surface area contributed by atoms with Crippen LogP contribution in [0.3, 0.4) is 0 Å². The van der Waals surface area contributed by atoms with E-state index >= 15 is 0 Å². The van der Waals surface area contributed by atoms with Gasteiger partial charge in [0.05, 0.1) is 0 Å². The first-order valence-electron chi connectivity index (χ1n) is 6.50. The molecule has 0 bridgehead atoms. The van der Waals surface area contributed by atoms with E-state index in [1.54, 1.807) is 11.3 Å². The first-order valence-corrected chi connectivity index (χ1v) is 7.76. The van der Waals surface area contributed by atoms with Crippen LogP contribution in [0, 0.1) is 0 Å². The van der Waals surface area contributed by atoms with Crippen molar-refractivity contribution in [3.8, 4) is 0 Å². The Hall–Kier alpha value is -1.40. The van der Waals surface area contributed by atoms with Gasteiger partial charge in [-0.25, -0.2) is 0 Å². The molecule has 0 aliphatic carbocycles. The summed E-state index contributed by atoms with van der Waals surface area (Å²) < 4.78 is 0. The normalized spacial score (nSPS) is 12.2. The van der Waals surface area contributed by atoms with Gasteiger partial charge in [-0.2, -0.15) is 15.0 Å². The molecule has 0 saturated heterocycles. The first-order chi connectivity index (χ1) is 9.60. The van der Waals surface area contributed by atoms with Crippen molar-refractivity contribution in [3.05, 3.63) is 27.7 Å². The summed E-state index contributed by atoms with van der Waals surface area (Å²) in [6.45, 7) is 4.87. The van der Waals surface area contributed by atoms with Gasteiger partial charge < -0.3 is 10.2 Å². The molecule has 0 fully saturated rings. The summed E-state index contributed by atoms with van der Waals surface area (Å²) in [4.78, 5) is 16.0. The topological polar surface area (TPSA) is 53.9 Å². The first kappa shape index (κ1) is 15.0. The van der Waals surface area contributed by atoms with Crippen molar-refractivity contribution in [2.45, 2.75) is 26.3 Å². The minimum atomic E-state index is 0.209. The second-order valence-electron chi connectivity index (χ2n) is 4.50. The average molecular weight is 312 g/mol. The molecule has 2 heterocycles. The predicted molar refractivity (Wildman–Crippen MR) is 84.9 cm³/mol. The highest BCUT2D eigenvalue weighted by molar-refractivity contribution is 7.09. The third-order valence-corrected chi connectivity index (χ3v) is 4.05. The van der Waals surface area contributed by atoms with E-state index in [1.807, 2.05) is 18.9 Å². The maximum Gasteiger partial charge on any atom is 0.231 e. The van der Waals surface area contributed by atoms with Crippen LogP contribution in [0.15, 0.2) is 17.5 Å². The zero-order valence-electron chi connectivity index (χ0n) is 11.8. The molecule has 0 aromatic carbocycles. The predicted octanol–water partition coefficient (Wildman–Crippen LogP) is 3.09. The van der Waals surface area contributed by atoms with E-state index in [1.165, 1.54) is 4.88 Å². The lowest BCUT2D eigenvalue weighted by Gasteiger charge is -2.24. The minimum absolute atomic E-state index is 0.209. The summed E-state index contributed by atoms with van der Waals surface area (Å²) in [5.74, 6) is 1.10. The molecule has 0 aliphatic rings. The van der Waals surface area contributed by atoms with Crippen LogP contribution in [-0.4, -0.2) is 34.6 Å². The van der Waals surface area contributed by atoms with Crippen LogP contribution in [0.1, 0.15) is 18.7 Å². The Morgan fingerprint density at radius 2 is 2.20 bits per heavy atom. The van der Waals surface area contributed by atoms with E-state index in [0.29, 0.717) is 11.9 Å².